The van der Waals surface area contributed by atoms with Gasteiger partial charge in [-0.3, -0.25) is 0 Å². The number of hydrogen-bond acceptors (Lipinski definition) is 2. The van der Waals surface area contributed by atoms with E-state index in [1.54, 1.807) is 0 Å². The third kappa shape index (κ3) is 2.86. The molecule has 1 fully saturated rings. The van der Waals surface area contributed by atoms with Crippen LogP contribution in [0, 0.1) is 0 Å². The molecule has 12 heavy (non-hydrogen) atoms. The predicted octanol–water partition coefficient (Wildman–Crippen LogP) is 1.72. The molecule has 0 atom stereocenters. The summed E-state index contributed by atoms with van der Waals surface area (Å²) in [6, 6.07) is 0.765. The third-order valence-corrected chi connectivity index (χ3v) is 2.63. The summed E-state index contributed by atoms with van der Waals surface area (Å²) < 4.78 is 0. The summed E-state index contributed by atoms with van der Waals surface area (Å²) >= 11 is 0. The Morgan fingerprint density at radius 3 is 2.58 bits per heavy atom. The Labute approximate surface area is 75.4 Å². The number of nitrogens with zero attached hydrogens (tertiary/aromatic N) is 1. The van der Waals surface area contributed by atoms with Gasteiger partial charge in [-0.2, -0.15) is 0 Å². The van der Waals surface area contributed by atoms with Crippen molar-refractivity contribution in [2.24, 2.45) is 5.73 Å². The highest BCUT2D eigenvalue weighted by molar-refractivity contribution is 4.86. The van der Waals surface area contributed by atoms with E-state index in [1.165, 1.54) is 32.1 Å². The molecular weight excluding hydrogens is 148 g/mol. The molecule has 0 saturated heterocycles. The molecule has 0 aromatic carbocycles. The summed E-state index contributed by atoms with van der Waals surface area (Å²) in [6.45, 7) is 0.650. The van der Waals surface area contributed by atoms with Crippen molar-refractivity contribution in [3.05, 3.63) is 12.3 Å². The highest BCUT2D eigenvalue weighted by Crippen LogP contribution is 2.21. The van der Waals surface area contributed by atoms with Crippen LogP contribution in [0.2, 0.25) is 0 Å². The number of hydrogen-bond donors (Lipinski definition) is 1. The molecule has 0 bridgehead atoms. The van der Waals surface area contributed by atoms with Crippen molar-refractivity contribution in [1.29, 1.82) is 0 Å². The first-order valence-corrected chi connectivity index (χ1v) is 4.93. The van der Waals surface area contributed by atoms with Crippen molar-refractivity contribution < 1.29 is 0 Å². The summed E-state index contributed by atoms with van der Waals surface area (Å²) in [4.78, 5) is 2.31. The van der Waals surface area contributed by atoms with E-state index in [2.05, 4.69) is 18.1 Å². The van der Waals surface area contributed by atoms with Crippen molar-refractivity contribution in [3.8, 4) is 0 Å². The van der Waals surface area contributed by atoms with E-state index < -0.39 is 0 Å². The Morgan fingerprint density at radius 2 is 2.00 bits per heavy atom. The fourth-order valence-corrected chi connectivity index (χ4v) is 1.84. The molecule has 1 aliphatic carbocycles. The lowest BCUT2D eigenvalue weighted by Gasteiger charge is -2.30. The van der Waals surface area contributed by atoms with E-state index in [1.807, 2.05) is 6.08 Å². The lowest BCUT2D eigenvalue weighted by Crippen LogP contribution is -2.29. The summed E-state index contributed by atoms with van der Waals surface area (Å²) in [5.74, 6) is 0. The van der Waals surface area contributed by atoms with Crippen molar-refractivity contribution >= 4 is 0 Å². The van der Waals surface area contributed by atoms with Gasteiger partial charge in [-0.05, 0) is 19.0 Å². The first-order chi connectivity index (χ1) is 5.84. The van der Waals surface area contributed by atoms with Gasteiger partial charge in [0, 0.05) is 19.6 Å². The van der Waals surface area contributed by atoms with Crippen molar-refractivity contribution in [3.63, 3.8) is 0 Å². The normalized spacial score (nSPS) is 20.2. The lowest BCUT2D eigenvalue weighted by molar-refractivity contribution is 0.253. The Bertz CT molecular complexity index is 137. The van der Waals surface area contributed by atoms with Crippen LogP contribution >= 0.6 is 0 Å². The van der Waals surface area contributed by atoms with Crippen LogP contribution in [0.15, 0.2) is 12.3 Å². The second kappa shape index (κ2) is 5.20. The minimum absolute atomic E-state index is 0.650. The van der Waals surface area contributed by atoms with Gasteiger partial charge in [-0.15, -0.1) is 0 Å². The third-order valence-electron chi connectivity index (χ3n) is 2.63. The molecule has 0 unspecified atom stereocenters. The van der Waals surface area contributed by atoms with E-state index in [4.69, 9.17) is 5.73 Å². The van der Waals surface area contributed by atoms with Gasteiger partial charge in [0.25, 0.3) is 0 Å². The minimum Gasteiger partial charge on any atom is -0.378 e. The fourth-order valence-electron chi connectivity index (χ4n) is 1.84. The second-order valence-corrected chi connectivity index (χ2v) is 3.58. The summed E-state index contributed by atoms with van der Waals surface area (Å²) in [5.41, 5.74) is 5.39. The van der Waals surface area contributed by atoms with Gasteiger partial charge >= 0.3 is 0 Å². The monoisotopic (exact) mass is 168 g/mol. The number of nitrogens with two attached hydrogens (primary N) is 1. The minimum atomic E-state index is 0.650. The summed E-state index contributed by atoms with van der Waals surface area (Å²) in [6.07, 6.45) is 11.1. The van der Waals surface area contributed by atoms with Gasteiger partial charge in [0.05, 0.1) is 0 Å². The topological polar surface area (TPSA) is 29.3 Å². The molecule has 0 heterocycles. The molecule has 0 spiro atoms. The molecule has 0 aliphatic heterocycles. The second-order valence-electron chi connectivity index (χ2n) is 3.58. The first kappa shape index (κ1) is 9.59. The van der Waals surface area contributed by atoms with Crippen LogP contribution in [-0.4, -0.2) is 24.5 Å². The Morgan fingerprint density at radius 1 is 1.33 bits per heavy atom. The molecule has 1 saturated carbocycles. The van der Waals surface area contributed by atoms with Crippen LogP contribution in [0.3, 0.4) is 0 Å². The smallest absolute Gasteiger partial charge is 0.0281 e. The zero-order valence-electron chi connectivity index (χ0n) is 8.00. The average molecular weight is 168 g/mol. The van der Waals surface area contributed by atoms with Crippen LogP contribution < -0.4 is 5.73 Å². The van der Waals surface area contributed by atoms with Crippen LogP contribution in [-0.2, 0) is 0 Å². The zero-order chi connectivity index (χ0) is 8.81. The maximum Gasteiger partial charge on any atom is 0.0281 e. The molecule has 70 valence electrons. The molecule has 0 radical (unpaired) electrons. The lowest BCUT2D eigenvalue weighted by atomic mass is 9.95. The molecule has 1 rings (SSSR count). The maximum absolute atomic E-state index is 5.39. The van der Waals surface area contributed by atoms with E-state index in [0.29, 0.717) is 6.54 Å². The van der Waals surface area contributed by atoms with E-state index in [9.17, 15) is 0 Å². The standard InChI is InChI=1S/C10H20N2/c1-12(9-5-8-11)10-6-3-2-4-7-10/h5,9-10H,2-4,6-8,11H2,1H3. The Balaban J connectivity index is 2.29. The molecule has 0 aromatic heterocycles. The molecule has 0 aromatic rings. The first-order valence-electron chi connectivity index (χ1n) is 4.93. The Kier molecular flexibility index (Phi) is 4.15. The van der Waals surface area contributed by atoms with Gasteiger partial charge in [0.2, 0.25) is 0 Å². The quantitative estimate of drug-likeness (QED) is 0.695. The van der Waals surface area contributed by atoms with E-state index in [0.717, 1.165) is 6.04 Å². The molecule has 0 amide bonds. The molecule has 1 aliphatic rings. The van der Waals surface area contributed by atoms with E-state index >= 15 is 0 Å². The van der Waals surface area contributed by atoms with Crippen molar-refractivity contribution in [2.75, 3.05) is 13.6 Å². The van der Waals surface area contributed by atoms with Gasteiger partial charge < -0.3 is 10.6 Å². The molecule has 2 nitrogen and oxygen atoms in total. The highest BCUT2D eigenvalue weighted by atomic mass is 15.1. The van der Waals surface area contributed by atoms with Crippen LogP contribution in [0.5, 0.6) is 0 Å². The van der Waals surface area contributed by atoms with Gasteiger partial charge in [0.1, 0.15) is 0 Å². The average Bonchev–Trinajstić information content (AvgIpc) is 2.15. The van der Waals surface area contributed by atoms with Crippen LogP contribution in [0.1, 0.15) is 32.1 Å². The largest absolute Gasteiger partial charge is 0.378 e. The highest BCUT2D eigenvalue weighted by Gasteiger charge is 2.14. The Hall–Kier alpha value is -0.500. The van der Waals surface area contributed by atoms with Gasteiger partial charge in [-0.1, -0.05) is 25.3 Å². The fraction of sp³-hybridized carbons (Fsp3) is 0.800. The maximum atomic E-state index is 5.39. The van der Waals surface area contributed by atoms with Crippen LogP contribution in [0.25, 0.3) is 0 Å². The SMILES string of the molecule is CN(C=CCN)C1CCCCC1. The van der Waals surface area contributed by atoms with Gasteiger partial charge in [0.15, 0.2) is 0 Å². The molecule has 2 N–H and O–H groups in total. The van der Waals surface area contributed by atoms with Crippen molar-refractivity contribution in [1.82, 2.24) is 4.90 Å². The summed E-state index contributed by atoms with van der Waals surface area (Å²) in [7, 11) is 2.15. The number of rotatable bonds is 3. The molecular formula is C10H20N2. The van der Waals surface area contributed by atoms with Crippen LogP contribution in [0.4, 0.5) is 0 Å². The van der Waals surface area contributed by atoms with Crippen molar-refractivity contribution in [2.45, 2.75) is 38.1 Å². The predicted molar refractivity (Wildman–Crippen MR) is 52.8 cm³/mol. The zero-order valence-corrected chi connectivity index (χ0v) is 8.00. The van der Waals surface area contributed by atoms with E-state index in [-0.39, 0.29) is 0 Å². The van der Waals surface area contributed by atoms with Gasteiger partial charge in [-0.25, -0.2) is 0 Å². The summed E-state index contributed by atoms with van der Waals surface area (Å²) in [5, 5.41) is 0. The molecule has 2 heteroatoms.